The predicted molar refractivity (Wildman–Crippen MR) is 139 cm³/mol. The standard InChI is InChI=1S/C30H46O7/c1-26(2,37-36)12-8-9-17(25(34)35)23-21(32)16-30(7)19-15-20(31)24-27(3,4)22(33)11-13-28(24,5)18(19)10-14-29(23,30)6/h8,12,15,17-18,21-24,32-33,36H,9-11,13-14,16H2,1-7H3,(H,34,35). The largest absolute Gasteiger partial charge is 0.481 e. The third-order valence-electron chi connectivity index (χ3n) is 11.5. The number of rotatable bonds is 6. The summed E-state index contributed by atoms with van der Waals surface area (Å²) >= 11 is 0. The maximum Gasteiger partial charge on any atom is 0.307 e. The van der Waals surface area contributed by atoms with Gasteiger partial charge in [-0.25, -0.2) is 4.89 Å². The summed E-state index contributed by atoms with van der Waals surface area (Å²) in [5, 5.41) is 41.6. The molecule has 0 saturated heterocycles. The Bertz CT molecular complexity index is 1010. The van der Waals surface area contributed by atoms with E-state index in [4.69, 9.17) is 5.26 Å². The van der Waals surface area contributed by atoms with Crippen molar-refractivity contribution in [2.45, 2.75) is 105 Å². The third-order valence-corrected chi connectivity index (χ3v) is 11.5. The lowest BCUT2D eigenvalue weighted by Crippen LogP contribution is -2.60. The Kier molecular flexibility index (Phi) is 6.93. The van der Waals surface area contributed by atoms with Crippen molar-refractivity contribution in [2.75, 3.05) is 0 Å². The van der Waals surface area contributed by atoms with Crippen LogP contribution in [0.4, 0.5) is 0 Å². The van der Waals surface area contributed by atoms with Crippen LogP contribution in [0.2, 0.25) is 0 Å². The molecular weight excluding hydrogens is 472 g/mol. The zero-order valence-corrected chi connectivity index (χ0v) is 23.5. The lowest BCUT2D eigenvalue weighted by atomic mass is 9.40. The van der Waals surface area contributed by atoms with Crippen molar-refractivity contribution in [2.24, 2.45) is 45.3 Å². The van der Waals surface area contributed by atoms with E-state index in [2.05, 4.69) is 25.7 Å². The SMILES string of the molecule is CC(C)(C=CCC(C(=O)O)C1C(O)CC2(C)C3=CC(=O)C4C(C)(C)C(O)CCC4(C)C3CCC12C)OO. The molecular formula is C30H46O7. The van der Waals surface area contributed by atoms with Gasteiger partial charge in [0.2, 0.25) is 0 Å². The molecule has 9 atom stereocenters. The highest BCUT2D eigenvalue weighted by atomic mass is 17.1. The number of ketones is 1. The number of allylic oxidation sites excluding steroid dienone is 3. The van der Waals surface area contributed by atoms with Crippen LogP contribution in [0.5, 0.6) is 0 Å². The Labute approximate surface area is 220 Å². The van der Waals surface area contributed by atoms with Gasteiger partial charge in [0.15, 0.2) is 5.78 Å². The van der Waals surface area contributed by atoms with Gasteiger partial charge in [-0.2, -0.15) is 0 Å². The number of fused-ring (bicyclic) bond motifs is 5. The first kappa shape index (κ1) is 28.5. The minimum absolute atomic E-state index is 0.0601. The van der Waals surface area contributed by atoms with Crippen molar-refractivity contribution < 1.29 is 35.1 Å². The molecule has 0 amide bonds. The van der Waals surface area contributed by atoms with E-state index in [1.807, 2.05) is 19.9 Å². The number of carbonyl (C=O) groups is 2. The molecule has 7 heteroatoms. The van der Waals surface area contributed by atoms with Crippen LogP contribution < -0.4 is 0 Å². The molecule has 0 aromatic heterocycles. The summed E-state index contributed by atoms with van der Waals surface area (Å²) in [5.41, 5.74) is -1.65. The van der Waals surface area contributed by atoms with E-state index in [9.17, 15) is 24.9 Å². The van der Waals surface area contributed by atoms with Gasteiger partial charge in [-0.3, -0.25) is 14.8 Å². The smallest absolute Gasteiger partial charge is 0.307 e. The van der Waals surface area contributed by atoms with Crippen LogP contribution >= 0.6 is 0 Å². The molecule has 0 aliphatic heterocycles. The lowest BCUT2D eigenvalue weighted by molar-refractivity contribution is -0.297. The Balaban J connectivity index is 1.74. The number of aliphatic hydroxyl groups excluding tert-OH is 2. The number of carbonyl (C=O) groups excluding carboxylic acids is 1. The molecule has 4 aliphatic rings. The van der Waals surface area contributed by atoms with E-state index in [1.54, 1.807) is 26.0 Å². The topological polar surface area (TPSA) is 124 Å². The molecule has 208 valence electrons. The molecule has 4 N–H and O–H groups in total. The second kappa shape index (κ2) is 9.00. The van der Waals surface area contributed by atoms with Gasteiger partial charge in [0.25, 0.3) is 0 Å². The first-order valence-corrected chi connectivity index (χ1v) is 13.8. The number of carboxylic acids is 1. The van der Waals surface area contributed by atoms with Gasteiger partial charge >= 0.3 is 5.97 Å². The van der Waals surface area contributed by atoms with Crippen molar-refractivity contribution in [3.05, 3.63) is 23.8 Å². The molecule has 37 heavy (non-hydrogen) atoms. The zero-order valence-electron chi connectivity index (χ0n) is 23.5. The molecule has 0 radical (unpaired) electrons. The summed E-state index contributed by atoms with van der Waals surface area (Å²) in [7, 11) is 0. The highest BCUT2D eigenvalue weighted by molar-refractivity contribution is 5.95. The highest BCUT2D eigenvalue weighted by Gasteiger charge is 2.69. The Morgan fingerprint density at radius 3 is 2.41 bits per heavy atom. The number of aliphatic hydroxyl groups is 2. The van der Waals surface area contributed by atoms with Crippen molar-refractivity contribution in [1.29, 1.82) is 0 Å². The Hall–Kier alpha value is -1.54. The van der Waals surface area contributed by atoms with E-state index in [0.717, 1.165) is 24.8 Å². The molecule has 0 heterocycles. The van der Waals surface area contributed by atoms with Crippen molar-refractivity contribution in [1.82, 2.24) is 0 Å². The van der Waals surface area contributed by atoms with Crippen LogP contribution in [0, 0.1) is 45.3 Å². The van der Waals surface area contributed by atoms with Gasteiger partial charge in [-0.05, 0) is 80.6 Å². The minimum Gasteiger partial charge on any atom is -0.481 e. The molecule has 0 aromatic carbocycles. The Morgan fingerprint density at radius 2 is 1.81 bits per heavy atom. The van der Waals surface area contributed by atoms with Crippen molar-refractivity contribution in [3.8, 4) is 0 Å². The van der Waals surface area contributed by atoms with Gasteiger partial charge in [-0.1, -0.05) is 52.3 Å². The van der Waals surface area contributed by atoms with Gasteiger partial charge in [-0.15, -0.1) is 0 Å². The average molecular weight is 519 g/mol. The van der Waals surface area contributed by atoms with E-state index < -0.39 is 51.9 Å². The van der Waals surface area contributed by atoms with E-state index in [0.29, 0.717) is 12.8 Å². The number of carboxylic acid groups (broad SMARTS) is 1. The summed E-state index contributed by atoms with van der Waals surface area (Å²) in [6, 6.07) is 0. The van der Waals surface area contributed by atoms with Crippen molar-refractivity contribution >= 4 is 11.8 Å². The second-order valence-corrected chi connectivity index (χ2v) is 14.2. The zero-order chi connectivity index (χ0) is 27.8. The first-order chi connectivity index (χ1) is 17.0. The summed E-state index contributed by atoms with van der Waals surface area (Å²) in [6.07, 6.45) is 7.54. The van der Waals surface area contributed by atoms with Crippen LogP contribution in [0.15, 0.2) is 23.8 Å². The summed E-state index contributed by atoms with van der Waals surface area (Å²) in [5.74, 6) is -2.28. The molecule has 3 saturated carbocycles. The van der Waals surface area contributed by atoms with Crippen LogP contribution in [0.1, 0.15) is 87.0 Å². The Morgan fingerprint density at radius 1 is 1.16 bits per heavy atom. The number of hydrogen-bond donors (Lipinski definition) is 4. The number of aliphatic carboxylic acids is 1. The molecule has 0 bridgehead atoms. The van der Waals surface area contributed by atoms with E-state index >= 15 is 0 Å². The van der Waals surface area contributed by atoms with Crippen LogP contribution in [-0.4, -0.2) is 50.1 Å². The van der Waals surface area contributed by atoms with Crippen LogP contribution in [0.25, 0.3) is 0 Å². The molecule has 3 fully saturated rings. The highest BCUT2D eigenvalue weighted by Crippen LogP contribution is 2.73. The first-order valence-electron chi connectivity index (χ1n) is 13.8. The summed E-state index contributed by atoms with van der Waals surface area (Å²) in [4.78, 5) is 30.8. The fourth-order valence-electron chi connectivity index (χ4n) is 9.34. The fourth-order valence-corrected chi connectivity index (χ4v) is 9.34. The molecule has 0 aromatic rings. The molecule has 9 unspecified atom stereocenters. The fraction of sp³-hybridized carbons (Fsp3) is 0.800. The quantitative estimate of drug-likeness (QED) is 0.221. The second-order valence-electron chi connectivity index (χ2n) is 14.2. The van der Waals surface area contributed by atoms with E-state index in [-0.39, 0.29) is 29.5 Å². The monoisotopic (exact) mass is 518 g/mol. The van der Waals surface area contributed by atoms with Gasteiger partial charge in [0.05, 0.1) is 18.1 Å². The molecule has 7 nitrogen and oxygen atoms in total. The maximum atomic E-state index is 13.8. The molecule has 4 aliphatic carbocycles. The minimum atomic E-state index is -0.951. The van der Waals surface area contributed by atoms with Gasteiger partial charge < -0.3 is 15.3 Å². The molecule has 4 rings (SSSR count). The molecule has 0 spiro atoms. The summed E-state index contributed by atoms with van der Waals surface area (Å²) in [6.45, 7) is 13.8. The lowest BCUT2D eigenvalue weighted by Gasteiger charge is -2.63. The van der Waals surface area contributed by atoms with Crippen LogP contribution in [0.3, 0.4) is 0 Å². The number of hydrogen-bond acceptors (Lipinski definition) is 6. The van der Waals surface area contributed by atoms with Gasteiger partial charge in [0.1, 0.15) is 5.60 Å². The third kappa shape index (κ3) is 4.07. The van der Waals surface area contributed by atoms with Crippen LogP contribution in [-0.2, 0) is 14.5 Å². The van der Waals surface area contributed by atoms with Crippen molar-refractivity contribution in [3.63, 3.8) is 0 Å². The predicted octanol–water partition coefficient (Wildman–Crippen LogP) is 5.02. The van der Waals surface area contributed by atoms with E-state index in [1.165, 1.54) is 0 Å². The summed E-state index contributed by atoms with van der Waals surface area (Å²) < 4.78 is 0. The van der Waals surface area contributed by atoms with Gasteiger partial charge in [0, 0.05) is 17.3 Å². The maximum absolute atomic E-state index is 13.8. The average Bonchev–Trinajstić information content (AvgIpc) is 2.99. The normalized spacial score (nSPS) is 44.1.